The minimum absolute atomic E-state index is 0.108. The third-order valence-electron chi connectivity index (χ3n) is 3.00. The number of carbonyl (C=O) groups is 2. The molecule has 0 heterocycles. The molecule has 6 nitrogen and oxygen atoms in total. The predicted octanol–water partition coefficient (Wildman–Crippen LogP) is 3.71. The number of amides is 2. The van der Waals surface area contributed by atoms with Crippen LogP contribution in [-0.2, 0) is 4.74 Å². The predicted molar refractivity (Wildman–Crippen MR) is 62.1 cm³/mol. The lowest BCUT2D eigenvalue weighted by Gasteiger charge is -2.39. The molecule has 0 saturated heterocycles. The molecule has 0 aromatic carbocycles. The Morgan fingerprint density at radius 2 is 1.65 bits per heavy atom. The topological polar surface area (TPSA) is 88.3 Å². The summed E-state index contributed by atoms with van der Waals surface area (Å²) in [4.78, 5) is 21.5. The van der Waals surface area contributed by atoms with Crippen molar-refractivity contribution in [2.45, 2.75) is 46.6 Å². The van der Waals surface area contributed by atoms with Crippen molar-refractivity contribution >= 4 is 12.2 Å². The Labute approximate surface area is 101 Å². The van der Waals surface area contributed by atoms with Gasteiger partial charge >= 0.3 is 12.2 Å². The van der Waals surface area contributed by atoms with Crippen LogP contribution in [0.15, 0.2) is 10.2 Å². The van der Waals surface area contributed by atoms with Gasteiger partial charge in [-0.3, -0.25) is 0 Å². The van der Waals surface area contributed by atoms with E-state index in [4.69, 9.17) is 9.84 Å². The SMILES string of the molecule is CCC(OC(=O)N=NC(=O)O)(C(C)C)C(C)C. The molecule has 0 aromatic heterocycles. The molecule has 0 aromatic rings. The molecule has 0 aliphatic heterocycles. The summed E-state index contributed by atoms with van der Waals surface area (Å²) in [5.74, 6) is 0.216. The summed E-state index contributed by atoms with van der Waals surface area (Å²) in [6.07, 6.45) is -1.84. The van der Waals surface area contributed by atoms with Gasteiger partial charge in [0, 0.05) is 0 Å². The molecule has 0 saturated carbocycles. The zero-order valence-electron chi connectivity index (χ0n) is 10.9. The van der Waals surface area contributed by atoms with E-state index in [9.17, 15) is 9.59 Å². The Hall–Kier alpha value is -1.46. The average molecular weight is 244 g/mol. The maximum atomic E-state index is 11.4. The lowest BCUT2D eigenvalue weighted by atomic mass is 9.78. The molecule has 98 valence electrons. The largest absolute Gasteiger partial charge is 0.462 e. The molecule has 2 amide bonds. The smallest absolute Gasteiger partial charge is 0.453 e. The molecular weight excluding hydrogens is 224 g/mol. The fourth-order valence-corrected chi connectivity index (χ4v) is 2.06. The molecule has 0 fully saturated rings. The normalized spacial score (nSPS) is 12.4. The lowest BCUT2D eigenvalue weighted by Crippen LogP contribution is -2.44. The number of carboxylic acid groups (broad SMARTS) is 1. The van der Waals surface area contributed by atoms with E-state index in [0.717, 1.165) is 0 Å². The highest BCUT2D eigenvalue weighted by Crippen LogP contribution is 2.34. The quantitative estimate of drug-likeness (QED) is 0.763. The molecule has 0 aliphatic carbocycles. The summed E-state index contributed by atoms with van der Waals surface area (Å²) in [6.45, 7) is 9.72. The van der Waals surface area contributed by atoms with Gasteiger partial charge in [-0.25, -0.2) is 9.59 Å². The second-order valence-electron chi connectivity index (χ2n) is 4.47. The minimum Gasteiger partial charge on any atom is -0.462 e. The molecule has 1 N–H and O–H groups in total. The van der Waals surface area contributed by atoms with Gasteiger partial charge in [0.05, 0.1) is 0 Å². The summed E-state index contributed by atoms with van der Waals surface area (Å²) in [5, 5.41) is 14.0. The highest BCUT2D eigenvalue weighted by molar-refractivity contribution is 5.72. The van der Waals surface area contributed by atoms with Crippen molar-refractivity contribution in [1.29, 1.82) is 0 Å². The molecule has 6 heteroatoms. The first-order valence-corrected chi connectivity index (χ1v) is 5.63. The first-order chi connectivity index (χ1) is 7.76. The van der Waals surface area contributed by atoms with E-state index in [1.54, 1.807) is 0 Å². The molecule has 0 rings (SSSR count). The second kappa shape index (κ2) is 6.32. The molecule has 0 atom stereocenters. The number of hydrogen-bond donors (Lipinski definition) is 1. The highest BCUT2D eigenvalue weighted by atomic mass is 16.6. The zero-order chi connectivity index (χ0) is 13.6. The average Bonchev–Trinajstić information content (AvgIpc) is 2.22. The van der Waals surface area contributed by atoms with Gasteiger partial charge in [0.1, 0.15) is 5.60 Å². The van der Waals surface area contributed by atoms with E-state index in [1.807, 2.05) is 34.6 Å². The van der Waals surface area contributed by atoms with Gasteiger partial charge in [-0.05, 0) is 18.3 Å². The standard InChI is InChI=1S/C11H20N2O4/c1-6-11(7(2)3,8(4)5)17-10(16)13-12-9(14)15/h7-8H,6H2,1-5H3,(H,14,15). The Kier molecular flexibility index (Phi) is 5.78. The van der Waals surface area contributed by atoms with Gasteiger partial charge in [-0.2, -0.15) is 0 Å². The highest BCUT2D eigenvalue weighted by Gasteiger charge is 2.39. The van der Waals surface area contributed by atoms with Crippen molar-refractivity contribution in [3.8, 4) is 0 Å². The number of rotatable bonds is 4. The molecule has 0 aliphatic rings. The van der Waals surface area contributed by atoms with E-state index in [2.05, 4.69) is 10.2 Å². The van der Waals surface area contributed by atoms with Gasteiger partial charge < -0.3 is 9.84 Å². The van der Waals surface area contributed by atoms with E-state index >= 15 is 0 Å². The lowest BCUT2D eigenvalue weighted by molar-refractivity contribution is -0.0586. The van der Waals surface area contributed by atoms with Crippen molar-refractivity contribution in [3.63, 3.8) is 0 Å². The number of hydrogen-bond acceptors (Lipinski definition) is 3. The maximum Gasteiger partial charge on any atom is 0.453 e. The number of carbonyl (C=O) groups excluding carboxylic acids is 1. The van der Waals surface area contributed by atoms with E-state index < -0.39 is 17.8 Å². The summed E-state index contributed by atoms with van der Waals surface area (Å²) >= 11 is 0. The first-order valence-electron chi connectivity index (χ1n) is 5.63. The van der Waals surface area contributed by atoms with E-state index in [1.165, 1.54) is 0 Å². The van der Waals surface area contributed by atoms with Crippen LogP contribution >= 0.6 is 0 Å². The summed E-state index contributed by atoms with van der Waals surface area (Å²) in [5.41, 5.74) is -0.644. The third kappa shape index (κ3) is 4.13. The van der Waals surface area contributed by atoms with Crippen LogP contribution in [0.4, 0.5) is 9.59 Å². The molecule has 0 unspecified atom stereocenters. The molecule has 0 bridgehead atoms. The van der Waals surface area contributed by atoms with Crippen molar-refractivity contribution in [1.82, 2.24) is 0 Å². The van der Waals surface area contributed by atoms with Crippen LogP contribution in [0.3, 0.4) is 0 Å². The van der Waals surface area contributed by atoms with Crippen molar-refractivity contribution in [3.05, 3.63) is 0 Å². The Balaban J connectivity index is 4.88. The summed E-state index contributed by atoms with van der Waals surface area (Å²) < 4.78 is 5.30. The van der Waals surface area contributed by atoms with Crippen LogP contribution in [0.5, 0.6) is 0 Å². The van der Waals surface area contributed by atoms with Crippen molar-refractivity contribution < 1.29 is 19.4 Å². The number of ether oxygens (including phenoxy) is 1. The summed E-state index contributed by atoms with van der Waals surface area (Å²) in [7, 11) is 0. The minimum atomic E-state index is -1.52. The molecule has 0 spiro atoms. The van der Waals surface area contributed by atoms with Crippen LogP contribution in [0.2, 0.25) is 0 Å². The van der Waals surface area contributed by atoms with Gasteiger partial charge in [0.2, 0.25) is 0 Å². The summed E-state index contributed by atoms with van der Waals surface area (Å²) in [6, 6.07) is 0. The van der Waals surface area contributed by atoms with Gasteiger partial charge in [-0.1, -0.05) is 44.8 Å². The van der Waals surface area contributed by atoms with Crippen LogP contribution in [-0.4, -0.2) is 22.9 Å². The van der Waals surface area contributed by atoms with Gasteiger partial charge in [-0.15, -0.1) is 0 Å². The van der Waals surface area contributed by atoms with Crippen LogP contribution in [0.25, 0.3) is 0 Å². The number of azo groups is 1. The van der Waals surface area contributed by atoms with Crippen molar-refractivity contribution in [2.24, 2.45) is 22.1 Å². The van der Waals surface area contributed by atoms with Gasteiger partial charge in [0.15, 0.2) is 0 Å². The zero-order valence-corrected chi connectivity index (χ0v) is 10.9. The Morgan fingerprint density at radius 3 is 1.94 bits per heavy atom. The van der Waals surface area contributed by atoms with Crippen LogP contribution in [0, 0.1) is 11.8 Å². The fourth-order valence-electron chi connectivity index (χ4n) is 2.06. The molecular formula is C11H20N2O4. The third-order valence-corrected chi connectivity index (χ3v) is 3.00. The maximum absolute atomic E-state index is 11.4. The van der Waals surface area contributed by atoms with Crippen molar-refractivity contribution in [2.75, 3.05) is 0 Å². The first kappa shape index (κ1) is 15.5. The number of nitrogens with zero attached hydrogens (tertiary/aromatic N) is 2. The van der Waals surface area contributed by atoms with E-state index in [-0.39, 0.29) is 11.8 Å². The monoisotopic (exact) mass is 244 g/mol. The molecule has 17 heavy (non-hydrogen) atoms. The fraction of sp³-hybridized carbons (Fsp3) is 0.818. The van der Waals surface area contributed by atoms with Crippen LogP contribution < -0.4 is 0 Å². The van der Waals surface area contributed by atoms with E-state index in [0.29, 0.717) is 6.42 Å². The Bertz CT molecular complexity index is 303. The second-order valence-corrected chi connectivity index (χ2v) is 4.47. The van der Waals surface area contributed by atoms with Crippen LogP contribution in [0.1, 0.15) is 41.0 Å². The van der Waals surface area contributed by atoms with Gasteiger partial charge in [0.25, 0.3) is 0 Å². The molecule has 0 radical (unpaired) electrons. The Morgan fingerprint density at radius 1 is 1.18 bits per heavy atom.